The average Bonchev–Trinajstić information content (AvgIpc) is 2.67. The molecule has 0 fully saturated rings. The van der Waals surface area contributed by atoms with Gasteiger partial charge in [-0.25, -0.2) is 4.79 Å². The van der Waals surface area contributed by atoms with Crippen LogP contribution in [-0.2, 0) is 33.6 Å². The standard InChI is InChI=1S/C17H27N5O11/c1-6(23)13(19)16(31)22-8(4-10(18)24)14(29)21-9(5-12(27)28)15(30)20-7(17(32)33)2-3-11(25)26/h6-9,13,23H,2-5,19H2,1H3,(H2,18,24)(H,20,30)(H,21,29)(H,22,31)(H,25,26)(H,27,28)(H,32,33). The number of aliphatic hydroxyl groups excluding tert-OH is 1. The lowest BCUT2D eigenvalue weighted by Crippen LogP contribution is -2.59. The Morgan fingerprint density at radius 1 is 0.758 bits per heavy atom. The van der Waals surface area contributed by atoms with Crippen LogP contribution in [0.5, 0.6) is 0 Å². The van der Waals surface area contributed by atoms with Crippen molar-refractivity contribution in [3.63, 3.8) is 0 Å². The van der Waals surface area contributed by atoms with E-state index in [9.17, 15) is 38.7 Å². The normalized spacial score (nSPS) is 15.1. The summed E-state index contributed by atoms with van der Waals surface area (Å²) >= 11 is 0. The van der Waals surface area contributed by atoms with Crippen LogP contribution in [-0.4, -0.2) is 92.2 Å². The van der Waals surface area contributed by atoms with E-state index in [2.05, 4.69) is 0 Å². The lowest BCUT2D eigenvalue weighted by Gasteiger charge is -2.24. The van der Waals surface area contributed by atoms with E-state index >= 15 is 0 Å². The molecule has 0 heterocycles. The zero-order valence-corrected chi connectivity index (χ0v) is 17.5. The summed E-state index contributed by atoms with van der Waals surface area (Å²) in [5.41, 5.74) is 10.5. The zero-order valence-electron chi connectivity index (χ0n) is 17.5. The number of primary amides is 1. The molecule has 5 unspecified atom stereocenters. The van der Waals surface area contributed by atoms with Crippen LogP contribution in [0.4, 0.5) is 0 Å². The number of nitrogens with two attached hydrogens (primary N) is 2. The molecule has 16 heteroatoms. The van der Waals surface area contributed by atoms with E-state index in [1.54, 1.807) is 0 Å². The van der Waals surface area contributed by atoms with Gasteiger partial charge in [-0.3, -0.25) is 28.8 Å². The van der Waals surface area contributed by atoms with Crippen molar-refractivity contribution in [3.8, 4) is 0 Å². The van der Waals surface area contributed by atoms with Crippen LogP contribution >= 0.6 is 0 Å². The van der Waals surface area contributed by atoms with Gasteiger partial charge in [-0.2, -0.15) is 0 Å². The van der Waals surface area contributed by atoms with E-state index in [-0.39, 0.29) is 0 Å². The van der Waals surface area contributed by atoms with Gasteiger partial charge in [-0.15, -0.1) is 0 Å². The lowest BCUT2D eigenvalue weighted by molar-refractivity contribution is -0.144. The van der Waals surface area contributed by atoms with Gasteiger partial charge in [0.1, 0.15) is 24.2 Å². The molecule has 5 atom stereocenters. The number of hydrogen-bond donors (Lipinski definition) is 9. The monoisotopic (exact) mass is 477 g/mol. The van der Waals surface area contributed by atoms with Crippen molar-refractivity contribution in [1.29, 1.82) is 0 Å². The van der Waals surface area contributed by atoms with Gasteiger partial charge in [0.05, 0.1) is 18.9 Å². The highest BCUT2D eigenvalue weighted by molar-refractivity contribution is 5.97. The minimum atomic E-state index is -1.86. The molecular formula is C17H27N5O11. The summed E-state index contributed by atoms with van der Waals surface area (Å²) in [5.74, 6) is -9.11. The maximum atomic E-state index is 12.5. The summed E-state index contributed by atoms with van der Waals surface area (Å²) in [5, 5.41) is 42.1. The van der Waals surface area contributed by atoms with Crippen molar-refractivity contribution < 1.29 is 54.0 Å². The largest absolute Gasteiger partial charge is 0.481 e. The van der Waals surface area contributed by atoms with Gasteiger partial charge in [0.25, 0.3) is 0 Å². The molecule has 16 nitrogen and oxygen atoms in total. The Labute approximate surface area is 186 Å². The number of amides is 4. The predicted molar refractivity (Wildman–Crippen MR) is 106 cm³/mol. The number of aliphatic hydroxyl groups is 1. The maximum Gasteiger partial charge on any atom is 0.326 e. The molecule has 0 radical (unpaired) electrons. The number of carboxylic acids is 3. The molecule has 0 bridgehead atoms. The van der Waals surface area contributed by atoms with Crippen molar-refractivity contribution >= 4 is 41.5 Å². The minimum absolute atomic E-state index is 0.526. The smallest absolute Gasteiger partial charge is 0.326 e. The van der Waals surface area contributed by atoms with Gasteiger partial charge < -0.3 is 47.8 Å². The summed E-state index contributed by atoms with van der Waals surface area (Å²) in [6, 6.07) is -6.76. The number of aliphatic carboxylic acids is 3. The molecule has 0 aliphatic carbocycles. The van der Waals surface area contributed by atoms with Crippen LogP contribution < -0.4 is 27.4 Å². The Hall–Kier alpha value is -3.79. The number of carboxylic acid groups (broad SMARTS) is 3. The molecule has 0 aromatic rings. The third-order valence-corrected chi connectivity index (χ3v) is 4.13. The topological polar surface area (TPSA) is 289 Å². The van der Waals surface area contributed by atoms with Gasteiger partial charge in [-0.05, 0) is 13.3 Å². The molecule has 4 amide bonds. The third-order valence-electron chi connectivity index (χ3n) is 4.13. The van der Waals surface area contributed by atoms with Crippen molar-refractivity contribution in [1.82, 2.24) is 16.0 Å². The maximum absolute atomic E-state index is 12.5. The summed E-state index contributed by atoms with van der Waals surface area (Å²) in [7, 11) is 0. The average molecular weight is 477 g/mol. The first kappa shape index (κ1) is 29.2. The molecule has 0 rings (SSSR count). The summed E-state index contributed by atoms with van der Waals surface area (Å²) in [6.45, 7) is 1.18. The molecule has 33 heavy (non-hydrogen) atoms. The van der Waals surface area contributed by atoms with Gasteiger partial charge in [0, 0.05) is 6.42 Å². The fourth-order valence-electron chi connectivity index (χ4n) is 2.35. The Morgan fingerprint density at radius 2 is 1.21 bits per heavy atom. The highest BCUT2D eigenvalue weighted by Crippen LogP contribution is 2.03. The number of carbonyl (C=O) groups is 7. The van der Waals surface area contributed by atoms with Gasteiger partial charge in [-0.1, -0.05) is 0 Å². The van der Waals surface area contributed by atoms with Crippen LogP contribution in [0.3, 0.4) is 0 Å². The van der Waals surface area contributed by atoms with Crippen molar-refractivity contribution in [2.45, 2.75) is 62.9 Å². The molecule has 0 aromatic heterocycles. The molecule has 0 saturated heterocycles. The predicted octanol–water partition coefficient (Wildman–Crippen LogP) is -4.55. The van der Waals surface area contributed by atoms with E-state index in [1.165, 1.54) is 6.92 Å². The zero-order chi connectivity index (χ0) is 25.9. The van der Waals surface area contributed by atoms with Crippen molar-refractivity contribution in [2.24, 2.45) is 11.5 Å². The van der Waals surface area contributed by atoms with Crippen LogP contribution in [0, 0.1) is 0 Å². The first-order chi connectivity index (χ1) is 15.1. The van der Waals surface area contributed by atoms with E-state index in [0.29, 0.717) is 0 Å². The van der Waals surface area contributed by atoms with Crippen molar-refractivity contribution in [2.75, 3.05) is 0 Å². The van der Waals surface area contributed by atoms with Crippen LogP contribution in [0.15, 0.2) is 0 Å². The van der Waals surface area contributed by atoms with Crippen LogP contribution in [0.25, 0.3) is 0 Å². The fraction of sp³-hybridized carbons (Fsp3) is 0.588. The van der Waals surface area contributed by atoms with Crippen LogP contribution in [0.1, 0.15) is 32.6 Å². The highest BCUT2D eigenvalue weighted by Gasteiger charge is 2.32. The SMILES string of the molecule is CC(O)C(N)C(=O)NC(CC(N)=O)C(=O)NC(CC(=O)O)C(=O)NC(CCC(=O)O)C(=O)O. The number of carbonyl (C=O) groups excluding carboxylic acids is 4. The second-order valence-corrected chi connectivity index (χ2v) is 6.99. The Kier molecular flexibility index (Phi) is 12.0. The molecular weight excluding hydrogens is 450 g/mol. The first-order valence-electron chi connectivity index (χ1n) is 9.45. The lowest BCUT2D eigenvalue weighted by atomic mass is 10.1. The van der Waals surface area contributed by atoms with Crippen LogP contribution in [0.2, 0.25) is 0 Å². The number of hydrogen-bond acceptors (Lipinski definition) is 9. The van der Waals surface area contributed by atoms with E-state index in [1.807, 2.05) is 16.0 Å². The van der Waals surface area contributed by atoms with E-state index in [4.69, 9.17) is 26.8 Å². The minimum Gasteiger partial charge on any atom is -0.481 e. The fourth-order valence-corrected chi connectivity index (χ4v) is 2.35. The molecule has 11 N–H and O–H groups in total. The number of rotatable bonds is 15. The molecule has 0 spiro atoms. The Balaban J connectivity index is 5.56. The molecule has 0 aliphatic rings. The molecule has 0 saturated carbocycles. The first-order valence-corrected chi connectivity index (χ1v) is 9.45. The number of nitrogens with one attached hydrogen (secondary N) is 3. The molecule has 186 valence electrons. The quantitative estimate of drug-likeness (QED) is 0.108. The summed E-state index contributed by atoms with van der Waals surface area (Å²) in [6.07, 6.45) is -4.27. The van der Waals surface area contributed by atoms with Crippen molar-refractivity contribution in [3.05, 3.63) is 0 Å². The second kappa shape index (κ2) is 13.6. The summed E-state index contributed by atoms with van der Waals surface area (Å²) in [4.78, 5) is 81.2. The third kappa shape index (κ3) is 11.4. The van der Waals surface area contributed by atoms with Gasteiger partial charge in [0.2, 0.25) is 23.6 Å². The molecule has 0 aromatic carbocycles. The van der Waals surface area contributed by atoms with E-state index < -0.39 is 97.5 Å². The Morgan fingerprint density at radius 3 is 1.61 bits per heavy atom. The highest BCUT2D eigenvalue weighted by atomic mass is 16.4. The Bertz CT molecular complexity index is 785. The second-order valence-electron chi connectivity index (χ2n) is 6.99. The molecule has 0 aliphatic heterocycles. The van der Waals surface area contributed by atoms with Gasteiger partial charge in [0.15, 0.2) is 0 Å². The van der Waals surface area contributed by atoms with E-state index in [0.717, 1.165) is 0 Å². The summed E-state index contributed by atoms with van der Waals surface area (Å²) < 4.78 is 0. The van der Waals surface area contributed by atoms with Gasteiger partial charge >= 0.3 is 17.9 Å².